The van der Waals surface area contributed by atoms with Crippen LogP contribution < -0.4 is 5.32 Å². The number of halogens is 1. The summed E-state index contributed by atoms with van der Waals surface area (Å²) in [7, 11) is 0. The van der Waals surface area contributed by atoms with Crippen molar-refractivity contribution in [1.29, 1.82) is 0 Å². The van der Waals surface area contributed by atoms with Crippen LogP contribution in [-0.4, -0.2) is 45.8 Å². The highest BCUT2D eigenvalue weighted by Gasteiger charge is 2.29. The van der Waals surface area contributed by atoms with E-state index in [1.807, 2.05) is 29.2 Å². The Bertz CT molecular complexity index is 699. The van der Waals surface area contributed by atoms with Crippen LogP contribution >= 0.6 is 11.6 Å². The maximum absolute atomic E-state index is 12.7. The fraction of sp³-hybridized carbons (Fsp3) is 0.412. The van der Waals surface area contributed by atoms with E-state index in [9.17, 15) is 4.79 Å². The van der Waals surface area contributed by atoms with Crippen LogP contribution in [0.15, 0.2) is 36.7 Å². The average Bonchev–Trinajstić information content (AvgIpc) is 3.00. The Hall–Kier alpha value is -1.85. The van der Waals surface area contributed by atoms with Gasteiger partial charge in [0.15, 0.2) is 0 Å². The molecule has 1 fully saturated rings. The third-order valence-corrected chi connectivity index (χ3v) is 4.83. The molecule has 122 valence electrons. The minimum atomic E-state index is 0.0382. The molecular formula is C17H21ClN4O. The van der Waals surface area contributed by atoms with Gasteiger partial charge in [0.1, 0.15) is 0 Å². The summed E-state index contributed by atoms with van der Waals surface area (Å²) in [4.78, 5) is 14.6. The summed E-state index contributed by atoms with van der Waals surface area (Å²) in [6.07, 6.45) is 3.43. The first kappa shape index (κ1) is 16.0. The quantitative estimate of drug-likeness (QED) is 0.939. The Balaban J connectivity index is 1.74. The number of carbonyl (C=O) groups excluding carboxylic acids is 1. The number of rotatable bonds is 3. The molecular weight excluding hydrogens is 312 g/mol. The molecule has 1 aromatic carbocycles. The highest BCUT2D eigenvalue weighted by molar-refractivity contribution is 6.31. The summed E-state index contributed by atoms with van der Waals surface area (Å²) in [6.45, 7) is 6.28. The molecule has 5 nitrogen and oxygen atoms in total. The van der Waals surface area contributed by atoms with Gasteiger partial charge in [0, 0.05) is 36.4 Å². The molecule has 0 bridgehead atoms. The van der Waals surface area contributed by atoms with E-state index in [4.69, 9.17) is 11.6 Å². The number of benzene rings is 1. The van der Waals surface area contributed by atoms with Crippen LogP contribution in [0.25, 0.3) is 0 Å². The van der Waals surface area contributed by atoms with Gasteiger partial charge in [-0.15, -0.1) is 0 Å². The first-order valence-electron chi connectivity index (χ1n) is 7.86. The van der Waals surface area contributed by atoms with Crippen molar-refractivity contribution >= 4 is 17.5 Å². The second-order valence-corrected chi connectivity index (χ2v) is 6.41. The zero-order valence-corrected chi connectivity index (χ0v) is 14.1. The minimum absolute atomic E-state index is 0.0382. The molecule has 6 heteroatoms. The maximum atomic E-state index is 12.7. The number of carbonyl (C=O) groups is 1. The molecule has 2 aromatic rings. The maximum Gasteiger partial charge on any atom is 0.257 e. The van der Waals surface area contributed by atoms with E-state index >= 15 is 0 Å². The molecule has 2 atom stereocenters. The lowest BCUT2D eigenvalue weighted by atomic mass is 10.1. The van der Waals surface area contributed by atoms with Gasteiger partial charge in [-0.3, -0.25) is 9.48 Å². The Morgan fingerprint density at radius 1 is 1.39 bits per heavy atom. The van der Waals surface area contributed by atoms with Gasteiger partial charge >= 0.3 is 0 Å². The van der Waals surface area contributed by atoms with Crippen molar-refractivity contribution in [3.8, 4) is 0 Å². The molecule has 23 heavy (non-hydrogen) atoms. The monoisotopic (exact) mass is 332 g/mol. The van der Waals surface area contributed by atoms with Crippen LogP contribution in [-0.2, 0) is 6.54 Å². The van der Waals surface area contributed by atoms with Gasteiger partial charge < -0.3 is 10.2 Å². The molecule has 1 aliphatic rings. The molecule has 2 heterocycles. The van der Waals surface area contributed by atoms with Crippen LogP contribution in [0.4, 0.5) is 0 Å². The standard InChI is InChI=1S/C17H21ClN4O/c1-12-13(2)22(8-7-19-12)17(23)15-9-20-21(11-15)10-14-5-3-4-6-16(14)18/h3-6,9,11-13,19H,7-8,10H2,1-2H3. The van der Waals surface area contributed by atoms with Gasteiger partial charge in [-0.2, -0.15) is 5.10 Å². The molecule has 0 saturated carbocycles. The zero-order valence-electron chi connectivity index (χ0n) is 13.4. The highest BCUT2D eigenvalue weighted by atomic mass is 35.5. The summed E-state index contributed by atoms with van der Waals surface area (Å²) in [5, 5.41) is 8.40. The van der Waals surface area contributed by atoms with Crippen LogP contribution in [0, 0.1) is 0 Å². The van der Waals surface area contributed by atoms with E-state index in [2.05, 4.69) is 24.3 Å². The average molecular weight is 333 g/mol. The Labute approximate surface area is 141 Å². The summed E-state index contributed by atoms with van der Waals surface area (Å²) < 4.78 is 1.75. The van der Waals surface area contributed by atoms with Gasteiger partial charge in [-0.1, -0.05) is 29.8 Å². The molecule has 2 unspecified atom stereocenters. The first-order chi connectivity index (χ1) is 11.1. The Morgan fingerprint density at radius 3 is 2.96 bits per heavy atom. The molecule has 3 rings (SSSR count). The van der Waals surface area contributed by atoms with Crippen molar-refractivity contribution < 1.29 is 4.79 Å². The van der Waals surface area contributed by atoms with Crippen molar-refractivity contribution in [3.05, 3.63) is 52.8 Å². The van der Waals surface area contributed by atoms with Crippen LogP contribution in [0.5, 0.6) is 0 Å². The van der Waals surface area contributed by atoms with Gasteiger partial charge in [0.2, 0.25) is 0 Å². The first-order valence-corrected chi connectivity index (χ1v) is 8.24. The number of hydrogen-bond donors (Lipinski definition) is 1. The third kappa shape index (κ3) is 3.41. The second kappa shape index (κ2) is 6.72. The van der Waals surface area contributed by atoms with Crippen LogP contribution in [0.1, 0.15) is 29.8 Å². The third-order valence-electron chi connectivity index (χ3n) is 4.47. The molecule has 1 aromatic heterocycles. The number of piperazine rings is 1. The van der Waals surface area contributed by atoms with Crippen molar-refractivity contribution in [1.82, 2.24) is 20.0 Å². The fourth-order valence-corrected chi connectivity index (χ4v) is 3.07. The predicted molar refractivity (Wildman–Crippen MR) is 90.7 cm³/mol. The van der Waals surface area contributed by atoms with Gasteiger partial charge in [0.25, 0.3) is 5.91 Å². The smallest absolute Gasteiger partial charge is 0.257 e. The Kier molecular flexibility index (Phi) is 4.68. The van der Waals surface area contributed by atoms with Gasteiger partial charge in [-0.25, -0.2) is 0 Å². The van der Waals surface area contributed by atoms with Crippen LogP contribution in [0.3, 0.4) is 0 Å². The van der Waals surface area contributed by atoms with E-state index in [1.54, 1.807) is 17.1 Å². The second-order valence-electron chi connectivity index (χ2n) is 6.00. The van der Waals surface area contributed by atoms with Crippen molar-refractivity contribution in [3.63, 3.8) is 0 Å². The summed E-state index contributed by atoms with van der Waals surface area (Å²) in [5.74, 6) is 0.0382. The number of nitrogens with zero attached hydrogens (tertiary/aromatic N) is 3. The molecule has 1 aliphatic heterocycles. The number of nitrogens with one attached hydrogen (secondary N) is 1. The lowest BCUT2D eigenvalue weighted by molar-refractivity contribution is 0.0603. The van der Waals surface area contributed by atoms with Crippen molar-refractivity contribution in [2.45, 2.75) is 32.5 Å². The largest absolute Gasteiger partial charge is 0.333 e. The summed E-state index contributed by atoms with van der Waals surface area (Å²) >= 11 is 6.18. The van der Waals surface area contributed by atoms with E-state index < -0.39 is 0 Å². The molecule has 0 radical (unpaired) electrons. The minimum Gasteiger partial charge on any atom is -0.333 e. The predicted octanol–water partition coefficient (Wildman–Crippen LogP) is 2.41. The lowest BCUT2D eigenvalue weighted by Gasteiger charge is -2.38. The molecule has 1 amide bonds. The zero-order chi connectivity index (χ0) is 16.4. The van der Waals surface area contributed by atoms with Crippen molar-refractivity contribution in [2.24, 2.45) is 0 Å². The number of hydrogen-bond acceptors (Lipinski definition) is 3. The summed E-state index contributed by atoms with van der Waals surface area (Å²) in [6, 6.07) is 8.13. The molecule has 1 N–H and O–H groups in total. The molecule has 0 spiro atoms. The van der Waals surface area contributed by atoms with Gasteiger partial charge in [0.05, 0.1) is 18.3 Å². The number of aromatic nitrogens is 2. The normalized spacial score (nSPS) is 21.4. The highest BCUT2D eigenvalue weighted by Crippen LogP contribution is 2.17. The SMILES string of the molecule is CC1NCCN(C(=O)c2cnn(Cc3ccccc3Cl)c2)C1C. The fourth-order valence-electron chi connectivity index (χ4n) is 2.87. The van der Waals surface area contributed by atoms with E-state index in [0.717, 1.165) is 18.7 Å². The van der Waals surface area contributed by atoms with Crippen molar-refractivity contribution in [2.75, 3.05) is 13.1 Å². The van der Waals surface area contributed by atoms with E-state index in [1.165, 1.54) is 0 Å². The lowest BCUT2D eigenvalue weighted by Crippen LogP contribution is -2.57. The molecule has 0 aliphatic carbocycles. The van der Waals surface area contributed by atoms with E-state index in [0.29, 0.717) is 23.2 Å². The van der Waals surface area contributed by atoms with E-state index in [-0.39, 0.29) is 11.9 Å². The molecule has 1 saturated heterocycles. The van der Waals surface area contributed by atoms with Gasteiger partial charge in [-0.05, 0) is 25.5 Å². The summed E-state index contributed by atoms with van der Waals surface area (Å²) in [5.41, 5.74) is 1.61. The topological polar surface area (TPSA) is 50.2 Å². The number of amides is 1. The van der Waals surface area contributed by atoms with Crippen LogP contribution in [0.2, 0.25) is 5.02 Å². The Morgan fingerprint density at radius 2 is 2.17 bits per heavy atom.